The maximum absolute atomic E-state index is 10.7. The second kappa shape index (κ2) is 6.44. The fraction of sp³-hybridized carbons (Fsp3) is 0.438. The minimum Gasteiger partial charge on any atom is -0.478 e. The first kappa shape index (κ1) is 15.1. The molecule has 1 aromatic rings. The Bertz CT molecular complexity index is 517. The molecule has 1 N–H and O–H groups in total. The number of rotatable bonds is 3. The zero-order valence-corrected chi connectivity index (χ0v) is 13.4. The van der Waals surface area contributed by atoms with Crippen LogP contribution in [-0.4, -0.2) is 24.2 Å². The average Bonchev–Trinajstić information content (AvgIpc) is 2.36. The predicted molar refractivity (Wildman–Crippen MR) is 86.0 cm³/mol. The molecule has 0 bridgehead atoms. The lowest BCUT2D eigenvalue weighted by Gasteiger charge is -2.37. The maximum Gasteiger partial charge on any atom is 0.328 e. The molecule has 3 nitrogen and oxygen atoms in total. The van der Waals surface area contributed by atoms with Crippen LogP contribution in [0.5, 0.6) is 0 Å². The molecular formula is C16H20BrNO2. The standard InChI is InChI=1S/C16H20BrNO2/c1-11-7-12(2)10-18(9-11)15-8-14(17)5-3-13(15)4-6-16(19)20/h3-6,8,11-12H,7,9-10H2,1-2H3,(H,19,20)/b6-4+. The van der Waals surface area contributed by atoms with Gasteiger partial charge in [0.1, 0.15) is 0 Å². The molecule has 2 atom stereocenters. The van der Waals surface area contributed by atoms with Crippen molar-refractivity contribution < 1.29 is 9.90 Å². The molecule has 0 aliphatic carbocycles. The number of carbonyl (C=O) groups is 1. The molecule has 4 heteroatoms. The van der Waals surface area contributed by atoms with Gasteiger partial charge in [-0.15, -0.1) is 0 Å². The van der Waals surface area contributed by atoms with Gasteiger partial charge in [-0.05, 0) is 42.0 Å². The van der Waals surface area contributed by atoms with Crippen LogP contribution in [0.3, 0.4) is 0 Å². The molecule has 1 aliphatic heterocycles. The number of hydrogen-bond acceptors (Lipinski definition) is 2. The molecule has 0 amide bonds. The van der Waals surface area contributed by atoms with Crippen LogP contribution in [0.4, 0.5) is 5.69 Å². The molecule has 1 heterocycles. The number of piperidine rings is 1. The summed E-state index contributed by atoms with van der Waals surface area (Å²) in [7, 11) is 0. The van der Waals surface area contributed by atoms with E-state index in [-0.39, 0.29) is 0 Å². The summed E-state index contributed by atoms with van der Waals surface area (Å²) < 4.78 is 1.02. The summed E-state index contributed by atoms with van der Waals surface area (Å²) in [6.45, 7) is 6.59. The number of aliphatic carboxylic acids is 1. The summed E-state index contributed by atoms with van der Waals surface area (Å²) >= 11 is 3.51. The van der Waals surface area contributed by atoms with Crippen LogP contribution in [0.25, 0.3) is 6.08 Å². The first-order chi connectivity index (χ1) is 9.45. The van der Waals surface area contributed by atoms with E-state index in [0.717, 1.165) is 28.8 Å². The van der Waals surface area contributed by atoms with E-state index < -0.39 is 5.97 Å². The first-order valence-electron chi connectivity index (χ1n) is 6.91. The summed E-state index contributed by atoms with van der Waals surface area (Å²) in [5.74, 6) is 0.405. The van der Waals surface area contributed by atoms with Crippen LogP contribution in [0.15, 0.2) is 28.7 Å². The summed E-state index contributed by atoms with van der Waals surface area (Å²) in [6.07, 6.45) is 4.13. The second-order valence-electron chi connectivity index (χ2n) is 5.73. The lowest BCUT2D eigenvalue weighted by molar-refractivity contribution is -0.131. The number of anilines is 1. The molecule has 0 radical (unpaired) electrons. The smallest absolute Gasteiger partial charge is 0.328 e. The molecule has 2 rings (SSSR count). The van der Waals surface area contributed by atoms with Crippen LogP contribution in [0.1, 0.15) is 25.8 Å². The third-order valence-corrected chi connectivity index (χ3v) is 4.10. The Morgan fingerprint density at radius 1 is 1.35 bits per heavy atom. The minimum atomic E-state index is -0.917. The molecule has 0 aromatic heterocycles. The van der Waals surface area contributed by atoms with Crippen LogP contribution >= 0.6 is 15.9 Å². The van der Waals surface area contributed by atoms with E-state index in [2.05, 4.69) is 40.7 Å². The van der Waals surface area contributed by atoms with Gasteiger partial charge in [-0.3, -0.25) is 0 Å². The van der Waals surface area contributed by atoms with Gasteiger partial charge in [0.05, 0.1) is 0 Å². The van der Waals surface area contributed by atoms with E-state index in [1.807, 2.05) is 12.1 Å². The molecule has 2 unspecified atom stereocenters. The molecule has 108 valence electrons. The Hall–Kier alpha value is -1.29. The van der Waals surface area contributed by atoms with Crippen molar-refractivity contribution >= 4 is 33.7 Å². The SMILES string of the molecule is CC1CC(C)CN(c2cc(Br)ccc2/C=C/C(=O)O)C1. The number of halogens is 1. The summed E-state index contributed by atoms with van der Waals surface area (Å²) in [6, 6.07) is 5.98. The third kappa shape index (κ3) is 3.85. The highest BCUT2D eigenvalue weighted by Crippen LogP contribution is 2.31. The molecule has 0 spiro atoms. The van der Waals surface area contributed by atoms with Crippen molar-refractivity contribution in [2.24, 2.45) is 11.8 Å². The van der Waals surface area contributed by atoms with Gasteiger partial charge in [0, 0.05) is 29.3 Å². The Kier molecular flexibility index (Phi) is 4.86. The van der Waals surface area contributed by atoms with Crippen LogP contribution in [0.2, 0.25) is 0 Å². The van der Waals surface area contributed by atoms with Gasteiger partial charge in [-0.1, -0.05) is 35.8 Å². The van der Waals surface area contributed by atoms with Gasteiger partial charge >= 0.3 is 5.97 Å². The van der Waals surface area contributed by atoms with Crippen LogP contribution in [-0.2, 0) is 4.79 Å². The van der Waals surface area contributed by atoms with Crippen molar-refractivity contribution in [3.63, 3.8) is 0 Å². The Morgan fingerprint density at radius 2 is 2.00 bits per heavy atom. The highest BCUT2D eigenvalue weighted by molar-refractivity contribution is 9.10. The van der Waals surface area contributed by atoms with Gasteiger partial charge in [-0.2, -0.15) is 0 Å². The second-order valence-corrected chi connectivity index (χ2v) is 6.64. The number of carboxylic acids is 1. The quantitative estimate of drug-likeness (QED) is 0.846. The van der Waals surface area contributed by atoms with E-state index in [1.165, 1.54) is 12.5 Å². The molecule has 0 saturated carbocycles. The largest absolute Gasteiger partial charge is 0.478 e. The molecule has 1 saturated heterocycles. The fourth-order valence-corrected chi connectivity index (χ4v) is 3.30. The number of nitrogens with zero attached hydrogens (tertiary/aromatic N) is 1. The molecule has 1 aliphatic rings. The summed E-state index contributed by atoms with van der Waals surface area (Å²) in [5, 5.41) is 8.81. The monoisotopic (exact) mass is 337 g/mol. The maximum atomic E-state index is 10.7. The average molecular weight is 338 g/mol. The van der Waals surface area contributed by atoms with Crippen molar-refractivity contribution in [1.29, 1.82) is 0 Å². The zero-order valence-electron chi connectivity index (χ0n) is 11.8. The fourth-order valence-electron chi connectivity index (χ4n) is 2.95. The summed E-state index contributed by atoms with van der Waals surface area (Å²) in [4.78, 5) is 13.1. The normalized spacial score (nSPS) is 23.2. The third-order valence-electron chi connectivity index (χ3n) is 3.61. The summed E-state index contributed by atoms with van der Waals surface area (Å²) in [5.41, 5.74) is 2.06. The number of hydrogen-bond donors (Lipinski definition) is 1. The molecule has 1 aromatic carbocycles. The van der Waals surface area contributed by atoms with Crippen LogP contribution in [0, 0.1) is 11.8 Å². The van der Waals surface area contributed by atoms with Crippen molar-refractivity contribution in [1.82, 2.24) is 0 Å². The molecule has 1 fully saturated rings. The van der Waals surface area contributed by atoms with Crippen molar-refractivity contribution in [3.05, 3.63) is 34.3 Å². The predicted octanol–water partition coefficient (Wildman–Crippen LogP) is 4.03. The molecular weight excluding hydrogens is 318 g/mol. The van der Waals surface area contributed by atoms with Gasteiger partial charge < -0.3 is 10.0 Å². The van der Waals surface area contributed by atoms with Gasteiger partial charge in [0.25, 0.3) is 0 Å². The first-order valence-corrected chi connectivity index (χ1v) is 7.70. The van der Waals surface area contributed by atoms with Gasteiger partial charge in [0.2, 0.25) is 0 Å². The van der Waals surface area contributed by atoms with E-state index >= 15 is 0 Å². The Labute approximate surface area is 128 Å². The van der Waals surface area contributed by atoms with Crippen molar-refractivity contribution in [2.45, 2.75) is 20.3 Å². The van der Waals surface area contributed by atoms with Crippen LogP contribution < -0.4 is 4.90 Å². The highest BCUT2D eigenvalue weighted by atomic mass is 79.9. The van der Waals surface area contributed by atoms with Crippen molar-refractivity contribution in [3.8, 4) is 0 Å². The Balaban J connectivity index is 2.33. The van der Waals surface area contributed by atoms with E-state index in [0.29, 0.717) is 11.8 Å². The lowest BCUT2D eigenvalue weighted by atomic mass is 9.91. The topological polar surface area (TPSA) is 40.5 Å². The minimum absolute atomic E-state index is 0.661. The van der Waals surface area contributed by atoms with E-state index in [9.17, 15) is 4.79 Å². The van der Waals surface area contributed by atoms with Crippen molar-refractivity contribution in [2.75, 3.05) is 18.0 Å². The zero-order chi connectivity index (χ0) is 14.7. The highest BCUT2D eigenvalue weighted by Gasteiger charge is 2.23. The lowest BCUT2D eigenvalue weighted by Crippen LogP contribution is -2.39. The van der Waals surface area contributed by atoms with E-state index in [4.69, 9.17) is 5.11 Å². The molecule has 20 heavy (non-hydrogen) atoms. The van der Waals surface area contributed by atoms with Gasteiger partial charge in [-0.25, -0.2) is 4.79 Å². The Morgan fingerprint density at radius 3 is 2.60 bits per heavy atom. The van der Waals surface area contributed by atoms with E-state index in [1.54, 1.807) is 6.08 Å². The van der Waals surface area contributed by atoms with Gasteiger partial charge in [0.15, 0.2) is 0 Å². The number of benzene rings is 1. The number of carboxylic acid groups (broad SMARTS) is 1.